The van der Waals surface area contributed by atoms with Gasteiger partial charge in [0.25, 0.3) is 0 Å². The van der Waals surface area contributed by atoms with E-state index in [-0.39, 0.29) is 11.4 Å². The van der Waals surface area contributed by atoms with Crippen molar-refractivity contribution in [2.24, 2.45) is 0 Å². The summed E-state index contributed by atoms with van der Waals surface area (Å²) < 4.78 is 32.5. The molecular formula is C16H27N3O3S2. The average molecular weight is 374 g/mol. The lowest BCUT2D eigenvalue weighted by atomic mass is 9.90. The van der Waals surface area contributed by atoms with Crippen molar-refractivity contribution in [3.63, 3.8) is 0 Å². The van der Waals surface area contributed by atoms with Gasteiger partial charge in [-0.1, -0.05) is 6.92 Å². The molecule has 0 unspecified atom stereocenters. The second-order valence-corrected chi connectivity index (χ2v) is 9.85. The molecule has 0 aliphatic carbocycles. The van der Waals surface area contributed by atoms with Crippen LogP contribution in [0.5, 0.6) is 0 Å². The zero-order valence-corrected chi connectivity index (χ0v) is 16.2. The standard InChI is InChI=1S/C16H27N3O3S2/c1-3-10-24(20,21)19-8-9-22-16(12-19)4-6-18(7-5-16)11-15-14(2)17-13-23-15/h13H,3-12H2,1-2H3. The Morgan fingerprint density at radius 1 is 1.33 bits per heavy atom. The summed E-state index contributed by atoms with van der Waals surface area (Å²) in [5, 5.41) is 0. The number of likely N-dealkylation sites (tertiary alicyclic amines) is 1. The van der Waals surface area contributed by atoms with Crippen LogP contribution in [0.2, 0.25) is 0 Å². The highest BCUT2D eigenvalue weighted by atomic mass is 32.2. The van der Waals surface area contributed by atoms with Gasteiger partial charge in [0.05, 0.1) is 29.2 Å². The van der Waals surface area contributed by atoms with Crippen LogP contribution in [0.4, 0.5) is 0 Å². The predicted octanol–water partition coefficient (Wildman–Crippen LogP) is 1.86. The molecule has 2 aliphatic rings. The van der Waals surface area contributed by atoms with Crippen LogP contribution < -0.4 is 0 Å². The first-order valence-corrected chi connectivity index (χ1v) is 11.2. The van der Waals surface area contributed by atoms with Crippen LogP contribution in [0, 0.1) is 6.92 Å². The first-order valence-electron chi connectivity index (χ1n) is 8.67. The zero-order chi connectivity index (χ0) is 17.2. The molecule has 3 heterocycles. The fraction of sp³-hybridized carbons (Fsp3) is 0.812. The van der Waals surface area contributed by atoms with E-state index in [2.05, 4.69) is 16.8 Å². The number of piperidine rings is 1. The maximum atomic E-state index is 12.4. The Bertz CT molecular complexity index is 651. The van der Waals surface area contributed by atoms with Crippen LogP contribution in [0.3, 0.4) is 0 Å². The van der Waals surface area contributed by atoms with E-state index in [0.717, 1.165) is 38.2 Å². The van der Waals surface area contributed by atoms with E-state index in [0.29, 0.717) is 26.1 Å². The van der Waals surface area contributed by atoms with E-state index in [1.807, 2.05) is 12.4 Å². The minimum Gasteiger partial charge on any atom is -0.372 e. The maximum Gasteiger partial charge on any atom is 0.214 e. The van der Waals surface area contributed by atoms with Gasteiger partial charge in [-0.2, -0.15) is 4.31 Å². The molecule has 2 aliphatic heterocycles. The fourth-order valence-electron chi connectivity index (χ4n) is 3.54. The van der Waals surface area contributed by atoms with Crippen molar-refractivity contribution < 1.29 is 13.2 Å². The maximum absolute atomic E-state index is 12.4. The first kappa shape index (κ1) is 18.3. The van der Waals surface area contributed by atoms with Gasteiger partial charge in [-0.3, -0.25) is 4.90 Å². The number of sulfonamides is 1. The van der Waals surface area contributed by atoms with Gasteiger partial charge in [-0.25, -0.2) is 13.4 Å². The van der Waals surface area contributed by atoms with Gasteiger partial charge in [0.15, 0.2) is 0 Å². The highest BCUT2D eigenvalue weighted by Gasteiger charge is 2.42. The third-order valence-electron chi connectivity index (χ3n) is 5.05. The van der Waals surface area contributed by atoms with Crippen molar-refractivity contribution in [3.8, 4) is 0 Å². The Kier molecular flexibility index (Phi) is 5.61. The van der Waals surface area contributed by atoms with Crippen LogP contribution in [0.1, 0.15) is 36.8 Å². The van der Waals surface area contributed by atoms with Crippen LogP contribution in [0.15, 0.2) is 5.51 Å². The summed E-state index contributed by atoms with van der Waals surface area (Å²) in [4.78, 5) is 8.06. The van der Waals surface area contributed by atoms with Crippen LogP contribution in [-0.4, -0.2) is 66.7 Å². The molecule has 0 amide bonds. The Labute approximate surface area is 148 Å². The van der Waals surface area contributed by atoms with E-state index in [9.17, 15) is 8.42 Å². The molecule has 2 fully saturated rings. The molecule has 0 bridgehead atoms. The Morgan fingerprint density at radius 2 is 2.08 bits per heavy atom. The van der Waals surface area contributed by atoms with Crippen molar-refractivity contribution >= 4 is 21.4 Å². The second-order valence-electron chi connectivity index (χ2n) is 6.82. The molecule has 2 saturated heterocycles. The molecular weight excluding hydrogens is 346 g/mol. The number of morpholine rings is 1. The second kappa shape index (κ2) is 7.37. The van der Waals surface area contributed by atoms with E-state index in [1.54, 1.807) is 15.6 Å². The molecule has 6 nitrogen and oxygen atoms in total. The molecule has 1 spiro atoms. The van der Waals surface area contributed by atoms with Gasteiger partial charge in [0, 0.05) is 37.6 Å². The Morgan fingerprint density at radius 3 is 2.71 bits per heavy atom. The van der Waals surface area contributed by atoms with Crippen LogP contribution in [0.25, 0.3) is 0 Å². The van der Waals surface area contributed by atoms with Crippen molar-refractivity contribution in [3.05, 3.63) is 16.1 Å². The van der Waals surface area contributed by atoms with E-state index >= 15 is 0 Å². The van der Waals surface area contributed by atoms with Gasteiger partial charge in [0.2, 0.25) is 10.0 Å². The lowest BCUT2D eigenvalue weighted by molar-refractivity contribution is -0.120. The molecule has 136 valence electrons. The SMILES string of the molecule is CCCS(=O)(=O)N1CCOC2(CCN(Cc3scnc3C)CC2)C1. The normalized spacial score (nSPS) is 22.9. The van der Waals surface area contributed by atoms with Gasteiger partial charge in [-0.05, 0) is 26.2 Å². The largest absolute Gasteiger partial charge is 0.372 e. The third-order valence-corrected chi connectivity index (χ3v) is 7.99. The molecule has 1 aromatic heterocycles. The zero-order valence-electron chi connectivity index (χ0n) is 14.5. The number of rotatable bonds is 5. The highest BCUT2D eigenvalue weighted by Crippen LogP contribution is 2.32. The molecule has 3 rings (SSSR count). The number of ether oxygens (including phenoxy) is 1. The summed E-state index contributed by atoms with van der Waals surface area (Å²) in [7, 11) is -3.14. The van der Waals surface area contributed by atoms with E-state index in [4.69, 9.17) is 4.74 Å². The quantitative estimate of drug-likeness (QED) is 0.788. The van der Waals surface area contributed by atoms with Crippen molar-refractivity contribution in [1.82, 2.24) is 14.2 Å². The minimum absolute atomic E-state index is 0.236. The lowest BCUT2D eigenvalue weighted by Gasteiger charge is -2.46. The molecule has 0 aromatic carbocycles. The minimum atomic E-state index is -3.14. The number of hydrogen-bond donors (Lipinski definition) is 0. The number of thiazole rings is 1. The van der Waals surface area contributed by atoms with E-state index < -0.39 is 10.0 Å². The molecule has 0 atom stereocenters. The topological polar surface area (TPSA) is 62.7 Å². The van der Waals surface area contributed by atoms with Crippen LogP contribution in [-0.2, 0) is 21.3 Å². The van der Waals surface area contributed by atoms with Gasteiger partial charge >= 0.3 is 0 Å². The van der Waals surface area contributed by atoms with Crippen molar-refractivity contribution in [2.45, 2.75) is 45.3 Å². The van der Waals surface area contributed by atoms with E-state index in [1.165, 1.54) is 4.88 Å². The summed E-state index contributed by atoms with van der Waals surface area (Å²) in [6, 6.07) is 0. The summed E-state index contributed by atoms with van der Waals surface area (Å²) in [5.74, 6) is 0.236. The van der Waals surface area contributed by atoms with Crippen LogP contribution >= 0.6 is 11.3 Å². The summed E-state index contributed by atoms with van der Waals surface area (Å²) in [5.41, 5.74) is 2.72. The van der Waals surface area contributed by atoms with Gasteiger partial charge in [-0.15, -0.1) is 11.3 Å². The monoisotopic (exact) mass is 373 g/mol. The average Bonchev–Trinajstić information content (AvgIpc) is 2.95. The lowest BCUT2D eigenvalue weighted by Crippen LogP contribution is -2.58. The molecule has 0 radical (unpaired) electrons. The number of aryl methyl sites for hydroxylation is 1. The number of hydrogen-bond acceptors (Lipinski definition) is 6. The molecule has 8 heteroatoms. The van der Waals surface area contributed by atoms with Crippen molar-refractivity contribution in [2.75, 3.05) is 38.5 Å². The highest BCUT2D eigenvalue weighted by molar-refractivity contribution is 7.89. The van der Waals surface area contributed by atoms with Crippen molar-refractivity contribution in [1.29, 1.82) is 0 Å². The Hall–Kier alpha value is -0.540. The molecule has 0 N–H and O–H groups in total. The number of nitrogens with zero attached hydrogens (tertiary/aromatic N) is 3. The molecule has 24 heavy (non-hydrogen) atoms. The summed E-state index contributed by atoms with van der Waals surface area (Å²) in [6.07, 6.45) is 2.45. The van der Waals surface area contributed by atoms with Gasteiger partial charge < -0.3 is 4.74 Å². The Balaban J connectivity index is 1.59. The predicted molar refractivity (Wildman–Crippen MR) is 95.7 cm³/mol. The first-order chi connectivity index (χ1) is 11.4. The van der Waals surface area contributed by atoms with Gasteiger partial charge in [0.1, 0.15) is 0 Å². The fourth-order valence-corrected chi connectivity index (χ4v) is 5.91. The summed E-state index contributed by atoms with van der Waals surface area (Å²) >= 11 is 1.71. The molecule has 0 saturated carbocycles. The number of aromatic nitrogens is 1. The third kappa shape index (κ3) is 3.99. The molecule has 1 aromatic rings. The summed E-state index contributed by atoms with van der Waals surface area (Å²) in [6.45, 7) is 8.31. The smallest absolute Gasteiger partial charge is 0.214 e.